The van der Waals surface area contributed by atoms with Gasteiger partial charge in [0.05, 0.1) is 29.2 Å². The van der Waals surface area contributed by atoms with Crippen LogP contribution in [0.4, 0.5) is 5.69 Å². The molecule has 4 aromatic carbocycles. The molecular weight excluding hydrogens is 835 g/mol. The molecule has 6 atom stereocenters. The summed E-state index contributed by atoms with van der Waals surface area (Å²) in [6.07, 6.45) is 8.86. The fourth-order valence-corrected chi connectivity index (χ4v) is 10.9. The number of nitrogens with one attached hydrogen (secondary N) is 1. The van der Waals surface area contributed by atoms with Gasteiger partial charge in [0, 0.05) is 56.3 Å². The lowest BCUT2D eigenvalue weighted by Crippen LogP contribution is -2.69. The van der Waals surface area contributed by atoms with Gasteiger partial charge in [0.2, 0.25) is 21.7 Å². The molecule has 1 heterocycles. The fraction of sp³-hybridized carbons (Fsp3) is 0.380. The van der Waals surface area contributed by atoms with Gasteiger partial charge < -0.3 is 34.6 Å². The van der Waals surface area contributed by atoms with E-state index in [0.717, 1.165) is 48.7 Å². The van der Waals surface area contributed by atoms with Gasteiger partial charge >= 0.3 is 0 Å². The summed E-state index contributed by atoms with van der Waals surface area (Å²) in [6.45, 7) is 5.66. The van der Waals surface area contributed by atoms with Crippen molar-refractivity contribution in [1.29, 1.82) is 0 Å². The van der Waals surface area contributed by atoms with Crippen molar-refractivity contribution in [2.75, 3.05) is 32.2 Å². The molecular formula is C50H57N3O10S. The van der Waals surface area contributed by atoms with Crippen LogP contribution in [0.5, 0.6) is 17.2 Å². The van der Waals surface area contributed by atoms with Crippen LogP contribution in [0.25, 0.3) is 0 Å². The first-order valence-corrected chi connectivity index (χ1v) is 23.3. The molecule has 0 aromatic heterocycles. The molecule has 1 saturated carbocycles. The van der Waals surface area contributed by atoms with Crippen LogP contribution in [-0.2, 0) is 31.0 Å². The van der Waals surface area contributed by atoms with E-state index in [1.165, 1.54) is 30.4 Å². The number of hydrogen-bond acceptors (Lipinski definition) is 11. The van der Waals surface area contributed by atoms with Gasteiger partial charge in [-0.2, -0.15) is 4.31 Å². The summed E-state index contributed by atoms with van der Waals surface area (Å²) in [5, 5.41) is 27.4. The van der Waals surface area contributed by atoms with Gasteiger partial charge in [-0.15, -0.1) is 6.58 Å². The molecule has 2 aliphatic carbocycles. The van der Waals surface area contributed by atoms with Gasteiger partial charge in [0.25, 0.3) is 0 Å². The van der Waals surface area contributed by atoms with Gasteiger partial charge in [-0.05, 0) is 103 Å². The van der Waals surface area contributed by atoms with Gasteiger partial charge in [-0.25, -0.2) is 8.42 Å². The summed E-state index contributed by atoms with van der Waals surface area (Å²) >= 11 is 0. The predicted molar refractivity (Wildman–Crippen MR) is 244 cm³/mol. The first kappa shape index (κ1) is 46.4. The number of anilines is 1. The Hall–Kier alpha value is -5.64. The number of likely N-dealkylation sites (N-methyl/N-ethyl adjacent to an activating group) is 1. The first-order chi connectivity index (χ1) is 31.0. The standard InChI is InChI=1S/C50H57N3O10S/c1-4-27-60-50-47(53(3)64(58,59)41-22-19-38(20-23-41)51-34(2)57)31-45(52-61-33-35-13-6-5-7-14-35)43-29-37(16-8-10-25-54)42(18-9-11-26-55)48(49(43)50)44-30-40(21-24-46(44)63-50)62-39-17-12-15-36(28-39)32-56/h4-7,12-15,17,19-24,28-30,32,37,42,47-49,54-55H,1,8-11,16,18,25-27,31,33H2,2-3H3,(H,51,57). The number of aliphatic hydroxyl groups excluding tert-OH is 2. The minimum Gasteiger partial charge on any atom is -0.460 e. The Kier molecular flexibility index (Phi) is 15.1. The average Bonchev–Trinajstić information content (AvgIpc) is 3.30. The van der Waals surface area contributed by atoms with Crippen molar-refractivity contribution in [3.8, 4) is 17.2 Å². The average molecular weight is 892 g/mol. The number of fused-ring (bicyclic) bond motifs is 2. The molecule has 14 heteroatoms. The Labute approximate surface area is 375 Å². The number of allylic oxidation sites excluding steroid dienone is 1. The number of hydrogen-bond donors (Lipinski definition) is 3. The Morgan fingerprint density at radius 2 is 1.69 bits per heavy atom. The molecule has 0 saturated heterocycles. The maximum Gasteiger partial charge on any atom is 0.243 e. The fourth-order valence-electron chi connectivity index (χ4n) is 9.56. The number of sulfonamides is 1. The minimum absolute atomic E-state index is 0.00537. The Morgan fingerprint density at radius 3 is 2.39 bits per heavy atom. The molecule has 1 amide bonds. The van der Waals surface area contributed by atoms with E-state index in [2.05, 4.69) is 18.0 Å². The van der Waals surface area contributed by atoms with E-state index >= 15 is 0 Å². The molecule has 0 radical (unpaired) electrons. The number of benzene rings is 4. The number of carbonyl (C=O) groups is 2. The zero-order valence-corrected chi connectivity index (χ0v) is 37.1. The summed E-state index contributed by atoms with van der Waals surface area (Å²) in [6, 6.07) is 27.1. The molecule has 0 spiro atoms. The molecule has 64 heavy (non-hydrogen) atoms. The minimum atomic E-state index is -4.27. The quantitative estimate of drug-likeness (QED) is 0.0319. The van der Waals surface area contributed by atoms with Crippen LogP contribution in [0.1, 0.15) is 79.3 Å². The zero-order valence-electron chi connectivity index (χ0n) is 36.3. The van der Waals surface area contributed by atoms with Gasteiger partial charge in [-0.3, -0.25) is 9.59 Å². The van der Waals surface area contributed by atoms with Crippen molar-refractivity contribution >= 4 is 33.6 Å². The molecule has 3 N–H and O–H groups in total. The molecule has 13 nitrogen and oxygen atoms in total. The van der Waals surface area contributed by atoms with Crippen LogP contribution >= 0.6 is 0 Å². The van der Waals surface area contributed by atoms with Gasteiger partial charge in [0.15, 0.2) is 0 Å². The van der Waals surface area contributed by atoms with E-state index < -0.39 is 27.8 Å². The van der Waals surface area contributed by atoms with E-state index in [1.807, 2.05) is 42.5 Å². The van der Waals surface area contributed by atoms with Crippen molar-refractivity contribution in [3.05, 3.63) is 138 Å². The summed E-state index contributed by atoms with van der Waals surface area (Å²) in [7, 11) is -2.74. The molecule has 1 aliphatic heterocycles. The lowest BCUT2D eigenvalue weighted by molar-refractivity contribution is -0.250. The van der Waals surface area contributed by atoms with Crippen LogP contribution in [0, 0.1) is 17.8 Å². The first-order valence-electron chi connectivity index (χ1n) is 21.9. The molecule has 0 bridgehead atoms. The van der Waals surface area contributed by atoms with E-state index in [-0.39, 0.29) is 61.4 Å². The van der Waals surface area contributed by atoms with E-state index in [9.17, 15) is 28.2 Å². The van der Waals surface area contributed by atoms with Crippen molar-refractivity contribution in [1.82, 2.24) is 4.31 Å². The number of amides is 1. The lowest BCUT2D eigenvalue weighted by Gasteiger charge is -2.59. The normalized spacial score (nSPS) is 23.0. The highest BCUT2D eigenvalue weighted by Crippen LogP contribution is 2.62. The molecule has 338 valence electrons. The third-order valence-electron chi connectivity index (χ3n) is 12.4. The molecule has 7 rings (SSSR count). The predicted octanol–water partition coefficient (Wildman–Crippen LogP) is 8.40. The third-order valence-corrected chi connectivity index (χ3v) is 14.3. The van der Waals surface area contributed by atoms with Gasteiger partial charge in [-0.1, -0.05) is 72.6 Å². The van der Waals surface area contributed by atoms with Crippen molar-refractivity contribution in [2.45, 2.75) is 81.1 Å². The van der Waals surface area contributed by atoms with E-state index in [4.69, 9.17) is 24.2 Å². The van der Waals surface area contributed by atoms with Crippen LogP contribution < -0.4 is 14.8 Å². The van der Waals surface area contributed by atoms with Crippen LogP contribution in [-0.4, -0.2) is 79.5 Å². The highest BCUT2D eigenvalue weighted by atomic mass is 32.2. The number of nitrogens with zero attached hydrogens (tertiary/aromatic N) is 2. The van der Waals surface area contributed by atoms with Crippen LogP contribution in [0.3, 0.4) is 0 Å². The SMILES string of the molecule is C=CCOC12Oc3ccc(Oc4cccc(C=O)c4)cc3C3C(CCCCO)C(CCCCO)C=C(C(=NOCc4ccccc4)CC1N(C)S(=O)(=O)c1ccc(NC(C)=O)cc1)C32. The van der Waals surface area contributed by atoms with Crippen molar-refractivity contribution in [2.24, 2.45) is 22.9 Å². The number of aldehydes is 1. The zero-order chi connectivity index (χ0) is 45.3. The number of oxime groups is 1. The van der Waals surface area contributed by atoms with E-state index in [0.29, 0.717) is 47.1 Å². The maximum absolute atomic E-state index is 14.9. The molecule has 1 fully saturated rings. The Balaban J connectivity index is 1.43. The third kappa shape index (κ3) is 10.0. The number of rotatable bonds is 21. The number of unbranched alkanes of at least 4 members (excludes halogenated alkanes) is 2. The molecule has 4 aromatic rings. The smallest absolute Gasteiger partial charge is 0.243 e. The largest absolute Gasteiger partial charge is 0.460 e. The highest BCUT2D eigenvalue weighted by Gasteiger charge is 2.65. The second kappa shape index (κ2) is 20.9. The second-order valence-electron chi connectivity index (χ2n) is 16.6. The monoisotopic (exact) mass is 891 g/mol. The summed E-state index contributed by atoms with van der Waals surface area (Å²) < 4.78 is 51.7. The highest BCUT2D eigenvalue weighted by molar-refractivity contribution is 7.89. The number of carbonyl (C=O) groups excluding carboxylic acids is 2. The number of aliphatic hydroxyl groups is 2. The lowest BCUT2D eigenvalue weighted by atomic mass is 9.55. The Morgan fingerprint density at radius 1 is 0.953 bits per heavy atom. The Bertz CT molecular complexity index is 2440. The van der Waals surface area contributed by atoms with Crippen molar-refractivity contribution in [3.63, 3.8) is 0 Å². The maximum atomic E-state index is 14.9. The summed E-state index contributed by atoms with van der Waals surface area (Å²) in [5.74, 6) is -1.48. The van der Waals surface area contributed by atoms with E-state index in [1.54, 1.807) is 48.5 Å². The molecule has 6 unspecified atom stereocenters. The summed E-state index contributed by atoms with van der Waals surface area (Å²) in [5.41, 5.74) is 4.05. The second-order valence-corrected chi connectivity index (χ2v) is 18.5. The van der Waals surface area contributed by atoms with Crippen molar-refractivity contribution < 1.29 is 47.3 Å². The molecule has 3 aliphatic rings. The van der Waals surface area contributed by atoms with Crippen LogP contribution in [0.2, 0.25) is 0 Å². The van der Waals surface area contributed by atoms with Gasteiger partial charge in [0.1, 0.15) is 30.1 Å². The van der Waals surface area contributed by atoms with Crippen LogP contribution in [0.15, 0.2) is 131 Å². The topological polar surface area (TPSA) is 173 Å². The number of ether oxygens (including phenoxy) is 3. The summed E-state index contributed by atoms with van der Waals surface area (Å²) in [4.78, 5) is 29.6.